The fraction of sp³-hybridized carbons (Fsp3) is 1.00. The monoisotopic (exact) mass is 222 g/mol. The van der Waals surface area contributed by atoms with Gasteiger partial charge >= 0.3 is 0 Å². The zero-order valence-corrected chi connectivity index (χ0v) is 10.8. The van der Waals surface area contributed by atoms with Crippen LogP contribution >= 0.6 is 0 Å². The minimum absolute atomic E-state index is 0.674. The predicted octanol–water partition coefficient (Wildman–Crippen LogP) is 2.25. The van der Waals surface area contributed by atoms with E-state index in [1.807, 2.05) is 0 Å². The van der Waals surface area contributed by atoms with Crippen molar-refractivity contribution in [1.29, 1.82) is 0 Å². The Labute approximate surface area is 99.8 Å². The molecule has 1 N–H and O–H groups in total. The van der Waals surface area contributed by atoms with Crippen molar-refractivity contribution >= 4 is 0 Å². The molecule has 92 valence electrons. The molecule has 1 saturated heterocycles. The molecule has 2 aliphatic carbocycles. The molecule has 3 aliphatic rings. The van der Waals surface area contributed by atoms with E-state index in [1.165, 1.54) is 51.7 Å². The van der Waals surface area contributed by atoms with Gasteiger partial charge in [-0.25, -0.2) is 0 Å². The summed E-state index contributed by atoms with van der Waals surface area (Å²) in [5.41, 5.74) is 0.674. The topological polar surface area (TPSA) is 15.3 Å². The summed E-state index contributed by atoms with van der Waals surface area (Å²) < 4.78 is 0. The van der Waals surface area contributed by atoms with Gasteiger partial charge in [-0.15, -0.1) is 0 Å². The summed E-state index contributed by atoms with van der Waals surface area (Å²) >= 11 is 0. The molecule has 0 aromatic rings. The van der Waals surface area contributed by atoms with Crippen LogP contribution < -0.4 is 5.32 Å². The van der Waals surface area contributed by atoms with Gasteiger partial charge in [0.1, 0.15) is 0 Å². The molecule has 1 unspecified atom stereocenters. The first-order valence-electron chi connectivity index (χ1n) is 7.17. The lowest BCUT2D eigenvalue weighted by Crippen LogP contribution is -2.38. The van der Waals surface area contributed by atoms with Crippen LogP contribution in [0.15, 0.2) is 0 Å². The minimum Gasteiger partial charge on any atom is -0.312 e. The number of likely N-dealkylation sites (tertiary alicyclic amines) is 1. The van der Waals surface area contributed by atoms with Gasteiger partial charge in [-0.3, -0.25) is 4.90 Å². The van der Waals surface area contributed by atoms with Gasteiger partial charge in [-0.05, 0) is 43.4 Å². The first kappa shape index (κ1) is 11.0. The van der Waals surface area contributed by atoms with E-state index in [-0.39, 0.29) is 0 Å². The molecule has 3 rings (SSSR count). The second-order valence-corrected chi connectivity index (χ2v) is 6.61. The smallest absolute Gasteiger partial charge is 0.0207 e. The molecule has 3 fully saturated rings. The molecule has 16 heavy (non-hydrogen) atoms. The van der Waals surface area contributed by atoms with Gasteiger partial charge in [0.25, 0.3) is 0 Å². The number of hydrogen-bond acceptors (Lipinski definition) is 2. The Balaban J connectivity index is 1.42. The zero-order chi connectivity index (χ0) is 11.2. The summed E-state index contributed by atoms with van der Waals surface area (Å²) in [6, 6.07) is 1.75. The van der Waals surface area contributed by atoms with E-state index in [0.717, 1.165) is 18.0 Å². The Kier molecular flexibility index (Phi) is 2.75. The standard InChI is InChI=1S/C14H26N2/c1-11(2)14(6-7-14)10-15-12-5-8-16(9-12)13-3-4-13/h11-13,15H,3-10H2,1-2H3. The molecule has 1 aliphatic heterocycles. The Morgan fingerprint density at radius 2 is 2.00 bits per heavy atom. The highest BCUT2D eigenvalue weighted by Gasteiger charge is 2.45. The van der Waals surface area contributed by atoms with Crippen molar-refractivity contribution in [3.8, 4) is 0 Å². The quantitative estimate of drug-likeness (QED) is 0.767. The van der Waals surface area contributed by atoms with Crippen LogP contribution in [-0.2, 0) is 0 Å². The van der Waals surface area contributed by atoms with Gasteiger partial charge in [0.2, 0.25) is 0 Å². The highest BCUT2D eigenvalue weighted by Crippen LogP contribution is 2.51. The lowest BCUT2D eigenvalue weighted by molar-refractivity contribution is 0.296. The van der Waals surface area contributed by atoms with Crippen LogP contribution in [0, 0.1) is 11.3 Å². The molecule has 1 atom stereocenters. The molecule has 2 heteroatoms. The maximum absolute atomic E-state index is 3.84. The van der Waals surface area contributed by atoms with Gasteiger partial charge in [0.15, 0.2) is 0 Å². The SMILES string of the molecule is CC(C)C1(CNC2CCN(C3CC3)C2)CC1. The average Bonchev–Trinajstić information content (AvgIpc) is 3.16. The molecule has 0 amide bonds. The van der Waals surface area contributed by atoms with Crippen molar-refractivity contribution < 1.29 is 0 Å². The van der Waals surface area contributed by atoms with E-state index in [9.17, 15) is 0 Å². The summed E-state index contributed by atoms with van der Waals surface area (Å²) in [7, 11) is 0. The summed E-state index contributed by atoms with van der Waals surface area (Å²) in [5, 5.41) is 3.84. The summed E-state index contributed by atoms with van der Waals surface area (Å²) in [6.07, 6.45) is 7.21. The first-order valence-corrected chi connectivity index (χ1v) is 7.17. The van der Waals surface area contributed by atoms with Crippen LogP contribution in [0.2, 0.25) is 0 Å². The Hall–Kier alpha value is -0.0800. The lowest BCUT2D eigenvalue weighted by Gasteiger charge is -2.23. The van der Waals surface area contributed by atoms with Crippen molar-refractivity contribution in [1.82, 2.24) is 10.2 Å². The molecule has 1 heterocycles. The summed E-state index contributed by atoms with van der Waals surface area (Å²) in [6.45, 7) is 8.71. The van der Waals surface area contributed by atoms with Gasteiger partial charge in [-0.1, -0.05) is 13.8 Å². The predicted molar refractivity (Wildman–Crippen MR) is 67.5 cm³/mol. The largest absolute Gasteiger partial charge is 0.312 e. The number of hydrogen-bond donors (Lipinski definition) is 1. The lowest BCUT2D eigenvalue weighted by atomic mass is 9.92. The first-order chi connectivity index (χ1) is 7.70. The Morgan fingerprint density at radius 3 is 2.56 bits per heavy atom. The maximum Gasteiger partial charge on any atom is 0.0207 e. The molecular formula is C14H26N2. The van der Waals surface area contributed by atoms with Gasteiger partial charge in [0.05, 0.1) is 0 Å². The van der Waals surface area contributed by atoms with Gasteiger partial charge in [0, 0.05) is 31.7 Å². The van der Waals surface area contributed by atoms with Crippen molar-refractivity contribution in [2.45, 2.75) is 58.0 Å². The van der Waals surface area contributed by atoms with Gasteiger partial charge in [-0.2, -0.15) is 0 Å². The Bertz CT molecular complexity index is 253. The molecular weight excluding hydrogens is 196 g/mol. The maximum atomic E-state index is 3.84. The van der Waals surface area contributed by atoms with Crippen LogP contribution in [0.3, 0.4) is 0 Å². The van der Waals surface area contributed by atoms with Crippen molar-refractivity contribution in [3.63, 3.8) is 0 Å². The fourth-order valence-corrected chi connectivity index (χ4v) is 3.19. The zero-order valence-electron chi connectivity index (χ0n) is 10.8. The van der Waals surface area contributed by atoms with Crippen molar-refractivity contribution in [2.24, 2.45) is 11.3 Å². The molecule has 0 aromatic carbocycles. The highest BCUT2D eigenvalue weighted by atomic mass is 15.2. The van der Waals surface area contributed by atoms with E-state index < -0.39 is 0 Å². The molecule has 2 saturated carbocycles. The van der Waals surface area contributed by atoms with Crippen LogP contribution in [0.4, 0.5) is 0 Å². The summed E-state index contributed by atoms with van der Waals surface area (Å²) in [5.74, 6) is 0.862. The number of rotatable bonds is 5. The van der Waals surface area contributed by atoms with E-state index >= 15 is 0 Å². The number of nitrogens with zero attached hydrogens (tertiary/aromatic N) is 1. The third kappa shape index (κ3) is 2.14. The van der Waals surface area contributed by atoms with Crippen LogP contribution in [-0.4, -0.2) is 36.6 Å². The molecule has 0 bridgehead atoms. The molecule has 0 radical (unpaired) electrons. The summed E-state index contributed by atoms with van der Waals surface area (Å²) in [4.78, 5) is 2.70. The normalized spacial score (nSPS) is 33.6. The van der Waals surface area contributed by atoms with E-state index in [2.05, 4.69) is 24.1 Å². The second kappa shape index (κ2) is 3.99. The third-order valence-electron chi connectivity index (χ3n) is 5.14. The van der Waals surface area contributed by atoms with E-state index in [4.69, 9.17) is 0 Å². The third-order valence-corrected chi connectivity index (χ3v) is 5.14. The highest BCUT2D eigenvalue weighted by molar-refractivity contribution is 4.99. The fourth-order valence-electron chi connectivity index (χ4n) is 3.19. The second-order valence-electron chi connectivity index (χ2n) is 6.61. The van der Waals surface area contributed by atoms with Crippen molar-refractivity contribution in [2.75, 3.05) is 19.6 Å². The van der Waals surface area contributed by atoms with Crippen LogP contribution in [0.1, 0.15) is 46.0 Å². The molecule has 0 spiro atoms. The average molecular weight is 222 g/mol. The van der Waals surface area contributed by atoms with Gasteiger partial charge < -0.3 is 5.32 Å². The van der Waals surface area contributed by atoms with Crippen LogP contribution in [0.5, 0.6) is 0 Å². The minimum atomic E-state index is 0.674. The molecule has 0 aromatic heterocycles. The van der Waals surface area contributed by atoms with Crippen molar-refractivity contribution in [3.05, 3.63) is 0 Å². The number of nitrogens with one attached hydrogen (secondary N) is 1. The van der Waals surface area contributed by atoms with E-state index in [1.54, 1.807) is 0 Å². The van der Waals surface area contributed by atoms with E-state index in [0.29, 0.717) is 5.41 Å². The Morgan fingerprint density at radius 1 is 1.25 bits per heavy atom. The van der Waals surface area contributed by atoms with Crippen LogP contribution in [0.25, 0.3) is 0 Å². The molecule has 2 nitrogen and oxygen atoms in total.